The number of carbonyl (C=O) groups is 1. The van der Waals surface area contributed by atoms with Crippen LogP contribution in [0.4, 0.5) is 23.7 Å². The average molecular weight is 358 g/mol. The fourth-order valence-electron chi connectivity index (χ4n) is 2.81. The Morgan fingerprint density at radius 2 is 2.00 bits per heavy atom. The molecule has 2 rings (SSSR count). The Balaban J connectivity index is 2.01. The lowest BCUT2D eigenvalue weighted by atomic mass is 10.0. The van der Waals surface area contributed by atoms with Crippen molar-refractivity contribution >= 4 is 11.8 Å². The molecule has 1 aromatic rings. The maximum Gasteiger partial charge on any atom is 0.416 e. The number of amides is 1. The summed E-state index contributed by atoms with van der Waals surface area (Å²) < 4.78 is 43.8. The lowest BCUT2D eigenvalue weighted by molar-refractivity contribution is -0.137. The van der Waals surface area contributed by atoms with E-state index in [-0.39, 0.29) is 12.1 Å². The molecule has 0 saturated carbocycles. The molecule has 0 aliphatic carbocycles. The maximum absolute atomic E-state index is 12.8. The number of rotatable bonds is 3. The van der Waals surface area contributed by atoms with E-state index in [1.165, 1.54) is 6.07 Å². The Kier molecular flexibility index (Phi) is 5.85. The van der Waals surface area contributed by atoms with Crippen LogP contribution in [0, 0.1) is 0 Å². The number of nitrogens with one attached hydrogen (secondary N) is 1. The van der Waals surface area contributed by atoms with Crippen LogP contribution in [0.25, 0.3) is 0 Å². The van der Waals surface area contributed by atoms with Crippen molar-refractivity contribution in [3.05, 3.63) is 29.8 Å². The van der Waals surface area contributed by atoms with Crippen LogP contribution >= 0.6 is 0 Å². The molecule has 1 fully saturated rings. The second-order valence-electron chi connectivity index (χ2n) is 7.28. The van der Waals surface area contributed by atoms with Crippen molar-refractivity contribution in [1.82, 2.24) is 4.90 Å². The molecule has 1 heterocycles. The predicted octanol–water partition coefficient (Wildman–Crippen LogP) is 4.91. The molecule has 1 atom stereocenters. The molecule has 7 heteroatoms. The third-order valence-electron chi connectivity index (χ3n) is 3.99. The van der Waals surface area contributed by atoms with Gasteiger partial charge in [-0.25, -0.2) is 4.79 Å². The van der Waals surface area contributed by atoms with Crippen LogP contribution in [0.2, 0.25) is 0 Å². The van der Waals surface area contributed by atoms with Crippen LogP contribution in [0.5, 0.6) is 0 Å². The number of ether oxygens (including phenoxy) is 1. The summed E-state index contributed by atoms with van der Waals surface area (Å²) >= 11 is 0. The number of benzene rings is 1. The van der Waals surface area contributed by atoms with Crippen LogP contribution < -0.4 is 5.32 Å². The summed E-state index contributed by atoms with van der Waals surface area (Å²) in [6.07, 6.45) is -2.06. The van der Waals surface area contributed by atoms with Gasteiger partial charge < -0.3 is 15.0 Å². The number of halogens is 3. The number of hydrogen-bond donors (Lipinski definition) is 1. The van der Waals surface area contributed by atoms with Gasteiger partial charge in [-0.05, 0) is 58.2 Å². The highest BCUT2D eigenvalue weighted by atomic mass is 19.4. The van der Waals surface area contributed by atoms with Crippen LogP contribution in [0.15, 0.2) is 24.3 Å². The molecule has 1 saturated heterocycles. The SMILES string of the molecule is CC(C)(C)OC(=O)N1CCCC[C@@H]1CNc1cccc(C(F)(F)F)c1. The van der Waals surface area contributed by atoms with E-state index >= 15 is 0 Å². The second kappa shape index (κ2) is 7.54. The zero-order valence-corrected chi connectivity index (χ0v) is 14.8. The molecule has 0 bridgehead atoms. The molecule has 0 radical (unpaired) electrons. The molecule has 0 unspecified atom stereocenters. The van der Waals surface area contributed by atoms with E-state index < -0.39 is 17.3 Å². The molecule has 25 heavy (non-hydrogen) atoms. The predicted molar refractivity (Wildman–Crippen MR) is 90.5 cm³/mol. The van der Waals surface area contributed by atoms with Gasteiger partial charge in [-0.1, -0.05) is 6.07 Å². The Morgan fingerprint density at radius 3 is 2.64 bits per heavy atom. The van der Waals surface area contributed by atoms with Crippen LogP contribution in [-0.4, -0.2) is 35.7 Å². The summed E-state index contributed by atoms with van der Waals surface area (Å²) in [7, 11) is 0. The minimum Gasteiger partial charge on any atom is -0.444 e. The molecular formula is C18H25F3N2O2. The first-order valence-electron chi connectivity index (χ1n) is 8.47. The largest absolute Gasteiger partial charge is 0.444 e. The first kappa shape index (κ1) is 19.4. The third kappa shape index (κ3) is 5.83. The summed E-state index contributed by atoms with van der Waals surface area (Å²) in [5.74, 6) is 0. The van der Waals surface area contributed by atoms with E-state index in [0.717, 1.165) is 31.4 Å². The van der Waals surface area contributed by atoms with Crippen LogP contribution in [-0.2, 0) is 10.9 Å². The highest BCUT2D eigenvalue weighted by molar-refractivity contribution is 5.68. The zero-order valence-electron chi connectivity index (χ0n) is 14.8. The molecule has 1 aliphatic heterocycles. The summed E-state index contributed by atoms with van der Waals surface area (Å²) in [4.78, 5) is 14.0. The molecular weight excluding hydrogens is 333 g/mol. The van der Waals surface area contributed by atoms with E-state index in [1.807, 2.05) is 20.8 Å². The quantitative estimate of drug-likeness (QED) is 0.835. The Morgan fingerprint density at radius 1 is 1.28 bits per heavy atom. The highest BCUT2D eigenvalue weighted by Gasteiger charge is 2.32. The number of carbonyl (C=O) groups excluding carboxylic acids is 1. The van der Waals surface area contributed by atoms with Gasteiger partial charge in [0.1, 0.15) is 5.60 Å². The normalized spacial score (nSPS) is 18.8. The van der Waals surface area contributed by atoms with E-state index in [4.69, 9.17) is 4.74 Å². The van der Waals surface area contributed by atoms with Gasteiger partial charge in [0.2, 0.25) is 0 Å². The zero-order chi connectivity index (χ0) is 18.7. The standard InChI is InChI=1S/C18H25F3N2O2/c1-17(2,3)25-16(24)23-10-5-4-9-15(23)12-22-14-8-6-7-13(11-14)18(19,20)21/h6-8,11,15,22H,4-5,9-10,12H2,1-3H3/t15-/m1/s1. The van der Waals surface area contributed by atoms with Crippen LogP contribution in [0.1, 0.15) is 45.6 Å². The van der Waals surface area contributed by atoms with Gasteiger partial charge in [0, 0.05) is 18.8 Å². The lowest BCUT2D eigenvalue weighted by Crippen LogP contribution is -2.48. The average Bonchev–Trinajstić information content (AvgIpc) is 2.51. The molecule has 1 aromatic carbocycles. The van der Waals surface area contributed by atoms with E-state index in [1.54, 1.807) is 11.0 Å². The molecule has 0 aromatic heterocycles. The fourth-order valence-corrected chi connectivity index (χ4v) is 2.81. The summed E-state index contributed by atoms with van der Waals surface area (Å²) in [6.45, 7) is 6.42. The lowest BCUT2D eigenvalue weighted by Gasteiger charge is -2.37. The van der Waals surface area contributed by atoms with Crippen molar-refractivity contribution in [3.63, 3.8) is 0 Å². The van der Waals surface area contributed by atoms with E-state index in [0.29, 0.717) is 18.8 Å². The number of likely N-dealkylation sites (tertiary alicyclic amines) is 1. The Bertz CT molecular complexity index is 597. The minimum atomic E-state index is -4.37. The Hall–Kier alpha value is -1.92. The topological polar surface area (TPSA) is 41.6 Å². The van der Waals surface area contributed by atoms with Gasteiger partial charge in [0.05, 0.1) is 11.6 Å². The number of alkyl halides is 3. The monoisotopic (exact) mass is 358 g/mol. The number of nitrogens with zero attached hydrogens (tertiary/aromatic N) is 1. The van der Waals surface area contributed by atoms with Crippen molar-refractivity contribution in [2.45, 2.75) is 57.9 Å². The van der Waals surface area contributed by atoms with Gasteiger partial charge >= 0.3 is 12.3 Å². The second-order valence-corrected chi connectivity index (χ2v) is 7.28. The van der Waals surface area contributed by atoms with Crippen molar-refractivity contribution in [2.75, 3.05) is 18.4 Å². The molecule has 0 spiro atoms. The van der Waals surface area contributed by atoms with Gasteiger partial charge in [-0.3, -0.25) is 0 Å². The third-order valence-corrected chi connectivity index (χ3v) is 3.99. The van der Waals surface area contributed by atoms with E-state index in [2.05, 4.69) is 5.32 Å². The van der Waals surface area contributed by atoms with Gasteiger partial charge in [-0.15, -0.1) is 0 Å². The van der Waals surface area contributed by atoms with Crippen LogP contribution in [0.3, 0.4) is 0 Å². The number of hydrogen-bond acceptors (Lipinski definition) is 3. The van der Waals surface area contributed by atoms with Crippen molar-refractivity contribution in [3.8, 4) is 0 Å². The molecule has 4 nitrogen and oxygen atoms in total. The molecule has 1 N–H and O–H groups in total. The van der Waals surface area contributed by atoms with Gasteiger partial charge in [0.25, 0.3) is 0 Å². The summed E-state index contributed by atoms with van der Waals surface area (Å²) in [6, 6.07) is 4.99. The fraction of sp³-hybridized carbons (Fsp3) is 0.611. The molecule has 1 amide bonds. The summed E-state index contributed by atoms with van der Waals surface area (Å²) in [5.41, 5.74) is -0.872. The molecule has 140 valence electrons. The smallest absolute Gasteiger partial charge is 0.416 e. The highest BCUT2D eigenvalue weighted by Crippen LogP contribution is 2.31. The van der Waals surface area contributed by atoms with Gasteiger partial charge in [-0.2, -0.15) is 13.2 Å². The molecule has 1 aliphatic rings. The van der Waals surface area contributed by atoms with Gasteiger partial charge in [0.15, 0.2) is 0 Å². The summed E-state index contributed by atoms with van der Waals surface area (Å²) in [5, 5.41) is 3.03. The van der Waals surface area contributed by atoms with E-state index in [9.17, 15) is 18.0 Å². The Labute approximate surface area is 146 Å². The first-order chi connectivity index (χ1) is 11.6. The number of piperidine rings is 1. The van der Waals surface area contributed by atoms with Crippen molar-refractivity contribution in [1.29, 1.82) is 0 Å². The minimum absolute atomic E-state index is 0.0989. The van der Waals surface area contributed by atoms with Crippen molar-refractivity contribution in [2.24, 2.45) is 0 Å². The number of anilines is 1. The van der Waals surface area contributed by atoms with Crippen molar-refractivity contribution < 1.29 is 22.7 Å². The maximum atomic E-state index is 12.8. The first-order valence-corrected chi connectivity index (χ1v) is 8.47.